The van der Waals surface area contributed by atoms with Crippen molar-refractivity contribution in [3.8, 4) is 5.75 Å². The van der Waals surface area contributed by atoms with Crippen molar-refractivity contribution in [2.24, 2.45) is 17.8 Å². The minimum atomic E-state index is -0.763. The van der Waals surface area contributed by atoms with Crippen LogP contribution in [-0.4, -0.2) is 87.1 Å². The van der Waals surface area contributed by atoms with Crippen molar-refractivity contribution in [1.29, 1.82) is 0 Å². The molecule has 1 N–H and O–H groups in total. The van der Waals surface area contributed by atoms with Gasteiger partial charge < -0.3 is 24.5 Å². The second-order valence-corrected chi connectivity index (χ2v) is 13.1. The van der Waals surface area contributed by atoms with E-state index in [0.29, 0.717) is 31.8 Å². The first-order valence-electron chi connectivity index (χ1n) is 14.8. The van der Waals surface area contributed by atoms with Crippen LogP contribution in [0.15, 0.2) is 49.6 Å². The maximum absolute atomic E-state index is 14.5. The number of carbonyl (C=O) groups excluding carboxylic acids is 3. The molecule has 0 aromatic heterocycles. The molecule has 1 aromatic rings. The van der Waals surface area contributed by atoms with Crippen molar-refractivity contribution in [3.05, 3.63) is 49.6 Å². The van der Waals surface area contributed by atoms with Gasteiger partial charge in [0, 0.05) is 30.1 Å². The first-order chi connectivity index (χ1) is 19.6. The van der Waals surface area contributed by atoms with E-state index < -0.39 is 28.7 Å². The van der Waals surface area contributed by atoms with Gasteiger partial charge in [-0.25, -0.2) is 0 Å². The molecule has 3 aliphatic rings. The van der Waals surface area contributed by atoms with Crippen LogP contribution in [0.1, 0.15) is 47.5 Å². The van der Waals surface area contributed by atoms with Crippen LogP contribution in [0.3, 0.4) is 0 Å². The van der Waals surface area contributed by atoms with Crippen molar-refractivity contribution >= 4 is 35.2 Å². The fourth-order valence-corrected chi connectivity index (χ4v) is 9.60. The summed E-state index contributed by atoms with van der Waals surface area (Å²) in [4.78, 5) is 48.5. The molecule has 3 fully saturated rings. The summed E-state index contributed by atoms with van der Waals surface area (Å²) in [5.74, 6) is -0.939. The lowest BCUT2D eigenvalue weighted by Gasteiger charge is -2.43. The van der Waals surface area contributed by atoms with Gasteiger partial charge in [0.25, 0.3) is 0 Å². The minimum absolute atomic E-state index is 0.0433. The smallest absolute Gasteiger partial charge is 0.247 e. The Labute approximate surface area is 248 Å². The third-order valence-electron chi connectivity index (χ3n) is 9.05. The Bertz CT molecular complexity index is 1150. The maximum Gasteiger partial charge on any atom is 0.247 e. The number of aliphatic hydroxyl groups is 1. The summed E-state index contributed by atoms with van der Waals surface area (Å²) < 4.78 is 4.83. The molecule has 9 heteroatoms. The van der Waals surface area contributed by atoms with Gasteiger partial charge in [-0.15, -0.1) is 24.9 Å². The quantitative estimate of drug-likeness (QED) is 0.351. The Morgan fingerprint density at radius 3 is 2.37 bits per heavy atom. The summed E-state index contributed by atoms with van der Waals surface area (Å²) in [7, 11) is 0. The average Bonchev–Trinajstić information content (AvgIpc) is 3.55. The molecule has 3 heterocycles. The van der Waals surface area contributed by atoms with Gasteiger partial charge in [-0.3, -0.25) is 14.4 Å². The predicted molar refractivity (Wildman–Crippen MR) is 164 cm³/mol. The van der Waals surface area contributed by atoms with Gasteiger partial charge >= 0.3 is 0 Å². The van der Waals surface area contributed by atoms with Gasteiger partial charge in [-0.2, -0.15) is 0 Å². The summed E-state index contributed by atoms with van der Waals surface area (Å²) >= 11 is 1.65. The Morgan fingerprint density at radius 1 is 1.17 bits per heavy atom. The highest BCUT2D eigenvalue weighted by atomic mass is 32.2. The molecule has 1 spiro atoms. The van der Waals surface area contributed by atoms with E-state index in [-0.39, 0.29) is 41.5 Å². The Hall–Kier alpha value is -2.78. The molecule has 0 radical (unpaired) electrons. The zero-order valence-electron chi connectivity index (χ0n) is 25.0. The van der Waals surface area contributed by atoms with Crippen LogP contribution in [0, 0.1) is 17.8 Å². The fourth-order valence-electron chi connectivity index (χ4n) is 7.20. The second kappa shape index (κ2) is 12.6. The van der Waals surface area contributed by atoms with E-state index in [9.17, 15) is 19.5 Å². The predicted octanol–water partition coefficient (Wildman–Crippen LogP) is 4.14. The number of hydrogen-bond acceptors (Lipinski definition) is 6. The largest absolute Gasteiger partial charge is 0.494 e. The normalized spacial score (nSPS) is 28.9. The number of fused-ring (bicyclic) bond motifs is 1. The maximum atomic E-state index is 14.5. The highest BCUT2D eigenvalue weighted by Gasteiger charge is 2.77. The van der Waals surface area contributed by atoms with Gasteiger partial charge in [0.15, 0.2) is 0 Å². The Kier molecular flexibility index (Phi) is 9.59. The number of nitrogens with zero attached hydrogens (tertiary/aromatic N) is 3. The zero-order valence-corrected chi connectivity index (χ0v) is 25.8. The Balaban J connectivity index is 1.79. The molecule has 0 saturated carbocycles. The summed E-state index contributed by atoms with van der Waals surface area (Å²) in [6.07, 6.45) is 4.65. The fraction of sp³-hybridized carbons (Fsp3) is 0.594. The summed E-state index contributed by atoms with van der Waals surface area (Å²) in [6, 6.07) is 6.02. The third kappa shape index (κ3) is 5.09. The molecule has 7 atom stereocenters. The molecule has 2 bridgehead atoms. The van der Waals surface area contributed by atoms with Gasteiger partial charge in [0.05, 0.1) is 35.8 Å². The molecule has 1 aromatic carbocycles. The average molecular weight is 584 g/mol. The third-order valence-corrected chi connectivity index (χ3v) is 11.1. The molecule has 4 rings (SSSR count). The highest BCUT2D eigenvalue weighted by Crippen LogP contribution is 2.69. The Morgan fingerprint density at radius 2 is 1.83 bits per heavy atom. The monoisotopic (exact) mass is 583 g/mol. The first-order valence-corrected chi connectivity index (χ1v) is 15.7. The number of likely N-dealkylation sites (tertiary alicyclic amines) is 1. The number of hydrogen-bond donors (Lipinski definition) is 1. The van der Waals surface area contributed by atoms with Crippen LogP contribution in [-0.2, 0) is 14.4 Å². The molecule has 3 amide bonds. The van der Waals surface area contributed by atoms with Crippen molar-refractivity contribution in [2.75, 3.05) is 31.2 Å². The topological polar surface area (TPSA) is 90.4 Å². The molecular weight excluding hydrogens is 538 g/mol. The van der Waals surface area contributed by atoms with E-state index in [4.69, 9.17) is 4.74 Å². The number of amides is 3. The number of carbonyl (C=O) groups is 3. The summed E-state index contributed by atoms with van der Waals surface area (Å²) in [5.41, 5.74) is 0.710. The number of thioether (sulfide) groups is 1. The van der Waals surface area contributed by atoms with E-state index >= 15 is 0 Å². The van der Waals surface area contributed by atoms with E-state index in [1.165, 1.54) is 0 Å². The standard InChI is InChI=1S/C32H45N3O5S/c1-8-16-33(20(5)6)31(39)28-32-21(7)18-25(41-32)26(27(32)30(38)35(28)22(10-3)19-36)29(37)34(17-9-2)23-12-14-24(15-13-23)40-11-4/h8-9,12-15,20-22,25-28,36H,1-2,10-11,16-19H2,3-7H3/t21?,22-,25-,26+,27-,28?,32?/m0/s1. The highest BCUT2D eigenvalue weighted by molar-refractivity contribution is 8.02. The molecule has 8 nitrogen and oxygen atoms in total. The molecule has 0 aliphatic carbocycles. The van der Waals surface area contributed by atoms with Crippen LogP contribution >= 0.6 is 11.8 Å². The lowest BCUT2D eigenvalue weighted by molar-refractivity contribution is -0.146. The van der Waals surface area contributed by atoms with Crippen LogP contribution in [0.4, 0.5) is 5.69 Å². The van der Waals surface area contributed by atoms with Crippen LogP contribution < -0.4 is 9.64 Å². The lowest BCUT2D eigenvalue weighted by Crippen LogP contribution is -2.60. The molecule has 3 aliphatic heterocycles. The number of benzene rings is 1. The number of aliphatic hydroxyl groups excluding tert-OH is 1. The van der Waals surface area contributed by atoms with Crippen molar-refractivity contribution in [2.45, 2.75) is 75.6 Å². The van der Waals surface area contributed by atoms with E-state index in [1.807, 2.05) is 52.0 Å². The van der Waals surface area contributed by atoms with Crippen molar-refractivity contribution < 1.29 is 24.2 Å². The molecule has 41 heavy (non-hydrogen) atoms. The summed E-state index contributed by atoms with van der Waals surface area (Å²) in [6.45, 7) is 18.6. The van der Waals surface area contributed by atoms with Crippen molar-refractivity contribution in [3.63, 3.8) is 0 Å². The van der Waals surface area contributed by atoms with E-state index in [1.54, 1.807) is 38.6 Å². The number of ether oxygens (including phenoxy) is 1. The van der Waals surface area contributed by atoms with E-state index in [2.05, 4.69) is 20.1 Å². The SMILES string of the molecule is C=CCN(C(=O)[C@@H]1[C@@H]2CC(C)C3(S2)C(C(=O)N(CC=C)C(C)C)N([C@@H](CC)CO)C(=O)[C@H]13)c1ccc(OCC)cc1. The molecule has 224 valence electrons. The van der Waals surface area contributed by atoms with Crippen LogP contribution in [0.2, 0.25) is 0 Å². The lowest BCUT2D eigenvalue weighted by atomic mass is 9.65. The van der Waals surface area contributed by atoms with Crippen molar-refractivity contribution in [1.82, 2.24) is 9.80 Å². The van der Waals surface area contributed by atoms with Gasteiger partial charge in [0.2, 0.25) is 17.7 Å². The van der Waals surface area contributed by atoms with Gasteiger partial charge in [0.1, 0.15) is 11.8 Å². The zero-order chi connectivity index (χ0) is 30.1. The molecule has 3 saturated heterocycles. The van der Waals surface area contributed by atoms with Gasteiger partial charge in [-0.05, 0) is 63.8 Å². The minimum Gasteiger partial charge on any atom is -0.494 e. The van der Waals surface area contributed by atoms with Crippen LogP contribution in [0.5, 0.6) is 5.75 Å². The number of anilines is 1. The van der Waals surface area contributed by atoms with E-state index in [0.717, 1.165) is 12.2 Å². The first kappa shape index (κ1) is 31.2. The van der Waals surface area contributed by atoms with Gasteiger partial charge in [-0.1, -0.05) is 26.0 Å². The molecular formula is C32H45N3O5S. The second-order valence-electron chi connectivity index (χ2n) is 11.6. The van der Waals surface area contributed by atoms with Crippen LogP contribution in [0.25, 0.3) is 0 Å². The summed E-state index contributed by atoms with van der Waals surface area (Å²) in [5, 5.41) is 10.3. The number of rotatable bonds is 13. The molecule has 3 unspecified atom stereocenters.